The lowest BCUT2D eigenvalue weighted by Gasteiger charge is -2.26. The highest BCUT2D eigenvalue weighted by atomic mass is 32.1. The number of amides is 4. The maximum absolute atomic E-state index is 14.0. The van der Waals surface area contributed by atoms with Crippen molar-refractivity contribution < 1.29 is 19.2 Å². The predicted molar refractivity (Wildman–Crippen MR) is 260 cm³/mol. The lowest BCUT2D eigenvalue weighted by Crippen LogP contribution is -2.29. The summed E-state index contributed by atoms with van der Waals surface area (Å²) in [5.74, 6) is -1.51. The lowest BCUT2D eigenvalue weighted by atomic mass is 10.0. The molecule has 310 valence electrons. The molecule has 0 aliphatic carbocycles. The number of hydrogen-bond donors (Lipinski definition) is 0. The van der Waals surface area contributed by atoms with E-state index in [1.165, 1.54) is 21.1 Å². The van der Waals surface area contributed by atoms with Gasteiger partial charge in [-0.3, -0.25) is 19.2 Å². The van der Waals surface area contributed by atoms with E-state index in [1.807, 2.05) is 170 Å². The minimum Gasteiger partial charge on any atom is -0.311 e. The van der Waals surface area contributed by atoms with Crippen LogP contribution in [0.2, 0.25) is 0 Å². The first-order chi connectivity index (χ1) is 31.9. The molecule has 4 amide bonds. The third-order valence-corrected chi connectivity index (χ3v) is 12.9. The number of carbonyl (C=O) groups is 4. The zero-order chi connectivity index (χ0) is 44.0. The number of rotatable bonds is 10. The monoisotopic (exact) mass is 860 g/mol. The number of benzene rings is 8. The molecule has 8 nitrogen and oxygen atoms in total. The van der Waals surface area contributed by atoms with Crippen molar-refractivity contribution in [2.75, 3.05) is 19.6 Å². The van der Waals surface area contributed by atoms with Crippen molar-refractivity contribution in [1.82, 2.24) is 0 Å². The molecule has 0 unspecified atom stereocenters. The molecule has 0 fully saturated rings. The van der Waals surface area contributed by atoms with Crippen LogP contribution in [0.3, 0.4) is 0 Å². The molecule has 0 N–H and O–H groups in total. The summed E-state index contributed by atoms with van der Waals surface area (Å²) in [5.41, 5.74) is 9.62. The first-order valence-electron chi connectivity index (χ1n) is 21.1. The number of carbonyl (C=O) groups excluding carboxylic acids is 4. The SMILES string of the molecule is O=C1c2ccc(-c3ccc(-c4ccc5c(c4)C(=O)N(c4ccc(N(c6ccccc6)c6ccccc6)cc4)C5=O)s3)cc2C(=O)N1c1ccc(N(c2ccccc2)c2ccccc2)cc1. The molecule has 1 aromatic heterocycles. The summed E-state index contributed by atoms with van der Waals surface area (Å²) >= 11 is 1.50. The van der Waals surface area contributed by atoms with Gasteiger partial charge in [0.05, 0.1) is 33.6 Å². The molecule has 8 aromatic carbocycles. The number of nitrogens with zero attached hydrogens (tertiary/aromatic N) is 4. The van der Waals surface area contributed by atoms with Crippen LogP contribution in [0.1, 0.15) is 41.4 Å². The summed E-state index contributed by atoms with van der Waals surface area (Å²) < 4.78 is 0. The van der Waals surface area contributed by atoms with E-state index in [0.717, 1.165) is 55.0 Å². The van der Waals surface area contributed by atoms with Gasteiger partial charge in [0.1, 0.15) is 0 Å². The summed E-state index contributed by atoms with van der Waals surface area (Å²) in [4.78, 5) is 63.9. The second-order valence-corrected chi connectivity index (χ2v) is 16.7. The van der Waals surface area contributed by atoms with Crippen molar-refractivity contribution in [3.63, 3.8) is 0 Å². The van der Waals surface area contributed by atoms with Crippen LogP contribution in [0.15, 0.2) is 218 Å². The van der Waals surface area contributed by atoms with Gasteiger partial charge in [0.15, 0.2) is 0 Å². The Bertz CT molecular complexity index is 2990. The standard InChI is InChI=1S/C56H36N4O4S/c61-53-47-31-21-37(35-49(47)55(63)59(53)45-27-23-43(24-28-45)57(39-13-5-1-6-14-39)40-15-7-2-8-16-40)51-33-34-52(65-51)38-22-32-48-50(36-38)56(64)60(54(48)62)46-29-25-44(26-30-46)58(41-17-9-3-10-18-41)42-19-11-4-12-20-42/h1-36H. The minimum atomic E-state index is -0.384. The number of anilines is 8. The Morgan fingerprint density at radius 3 is 0.908 bits per heavy atom. The molecule has 2 aliphatic rings. The molecule has 65 heavy (non-hydrogen) atoms. The predicted octanol–water partition coefficient (Wildman–Crippen LogP) is 13.6. The fraction of sp³-hybridized carbons (Fsp3) is 0. The third kappa shape index (κ3) is 6.97. The second-order valence-electron chi connectivity index (χ2n) is 15.6. The smallest absolute Gasteiger partial charge is 0.266 e. The van der Waals surface area contributed by atoms with Gasteiger partial charge in [-0.15, -0.1) is 11.3 Å². The number of para-hydroxylation sites is 4. The highest BCUT2D eigenvalue weighted by Crippen LogP contribution is 2.41. The summed E-state index contributed by atoms with van der Waals surface area (Å²) in [5, 5.41) is 0. The molecule has 0 radical (unpaired) electrons. The summed E-state index contributed by atoms with van der Waals surface area (Å²) in [6, 6.07) is 69.6. The molecule has 0 bridgehead atoms. The van der Waals surface area contributed by atoms with E-state index in [1.54, 1.807) is 48.5 Å². The maximum atomic E-state index is 14.0. The second kappa shape index (κ2) is 16.2. The Morgan fingerprint density at radius 2 is 0.585 bits per heavy atom. The molecular formula is C56H36N4O4S. The van der Waals surface area contributed by atoms with Crippen molar-refractivity contribution in [1.29, 1.82) is 0 Å². The molecule has 9 aromatic rings. The number of fused-ring (bicyclic) bond motifs is 2. The fourth-order valence-corrected chi connectivity index (χ4v) is 9.61. The van der Waals surface area contributed by atoms with Gasteiger partial charge in [0.2, 0.25) is 0 Å². The van der Waals surface area contributed by atoms with E-state index < -0.39 is 0 Å². The molecule has 3 heterocycles. The number of imide groups is 2. The van der Waals surface area contributed by atoms with Gasteiger partial charge in [-0.05, 0) is 145 Å². The lowest BCUT2D eigenvalue weighted by molar-refractivity contribution is 0.0910. The first-order valence-corrected chi connectivity index (χ1v) is 21.9. The van der Waals surface area contributed by atoms with Crippen molar-refractivity contribution in [2.24, 2.45) is 0 Å². The fourth-order valence-electron chi connectivity index (χ4n) is 8.61. The molecular weight excluding hydrogens is 825 g/mol. The normalized spacial score (nSPS) is 13.0. The third-order valence-electron chi connectivity index (χ3n) is 11.7. The Hall–Kier alpha value is -8.66. The van der Waals surface area contributed by atoms with Gasteiger partial charge < -0.3 is 9.80 Å². The summed E-state index contributed by atoms with van der Waals surface area (Å²) in [6.45, 7) is 0. The summed E-state index contributed by atoms with van der Waals surface area (Å²) in [6.07, 6.45) is 0. The van der Waals surface area contributed by atoms with Gasteiger partial charge in [-0.25, -0.2) is 9.80 Å². The average Bonchev–Trinajstić information content (AvgIpc) is 4.03. The van der Waals surface area contributed by atoms with Crippen molar-refractivity contribution >= 4 is 80.5 Å². The van der Waals surface area contributed by atoms with Crippen LogP contribution in [0, 0.1) is 0 Å². The Labute approximate surface area is 379 Å². The highest BCUT2D eigenvalue weighted by Gasteiger charge is 2.38. The number of hydrogen-bond acceptors (Lipinski definition) is 7. The van der Waals surface area contributed by atoms with E-state index in [9.17, 15) is 19.2 Å². The zero-order valence-electron chi connectivity index (χ0n) is 34.6. The number of thiophene rings is 1. The van der Waals surface area contributed by atoms with Gasteiger partial charge in [-0.2, -0.15) is 0 Å². The Morgan fingerprint density at radius 1 is 0.292 bits per heavy atom. The highest BCUT2D eigenvalue weighted by molar-refractivity contribution is 7.18. The first kappa shape index (κ1) is 39.2. The van der Waals surface area contributed by atoms with Crippen LogP contribution in [0.25, 0.3) is 20.9 Å². The van der Waals surface area contributed by atoms with Gasteiger partial charge >= 0.3 is 0 Å². The largest absolute Gasteiger partial charge is 0.311 e. The van der Waals surface area contributed by atoms with E-state index in [0.29, 0.717) is 33.6 Å². The van der Waals surface area contributed by atoms with E-state index in [-0.39, 0.29) is 23.6 Å². The Balaban J connectivity index is 0.819. The average molecular weight is 861 g/mol. The minimum absolute atomic E-state index is 0.337. The van der Waals surface area contributed by atoms with Crippen LogP contribution in [-0.4, -0.2) is 23.6 Å². The molecule has 2 aliphatic heterocycles. The molecule has 9 heteroatoms. The van der Waals surface area contributed by atoms with Crippen LogP contribution in [0.5, 0.6) is 0 Å². The van der Waals surface area contributed by atoms with Crippen molar-refractivity contribution in [3.05, 3.63) is 241 Å². The Kier molecular flexibility index (Phi) is 9.79. The maximum Gasteiger partial charge on any atom is 0.266 e. The topological polar surface area (TPSA) is 81.2 Å². The van der Waals surface area contributed by atoms with E-state index in [2.05, 4.69) is 9.80 Å². The van der Waals surface area contributed by atoms with Crippen molar-refractivity contribution in [3.8, 4) is 20.9 Å². The van der Waals surface area contributed by atoms with Crippen LogP contribution in [-0.2, 0) is 0 Å². The molecule has 0 saturated heterocycles. The van der Waals surface area contributed by atoms with Crippen LogP contribution >= 0.6 is 11.3 Å². The molecule has 11 rings (SSSR count). The summed E-state index contributed by atoms with van der Waals surface area (Å²) in [7, 11) is 0. The van der Waals surface area contributed by atoms with E-state index >= 15 is 0 Å². The quantitative estimate of drug-likeness (QED) is 0.127. The zero-order valence-corrected chi connectivity index (χ0v) is 35.4. The van der Waals surface area contributed by atoms with Crippen LogP contribution in [0.4, 0.5) is 45.5 Å². The van der Waals surface area contributed by atoms with Crippen LogP contribution < -0.4 is 19.6 Å². The molecule has 0 saturated carbocycles. The molecule has 0 spiro atoms. The molecule has 0 atom stereocenters. The van der Waals surface area contributed by atoms with Crippen molar-refractivity contribution in [2.45, 2.75) is 0 Å². The van der Waals surface area contributed by atoms with E-state index in [4.69, 9.17) is 0 Å². The van der Waals surface area contributed by atoms with Gasteiger partial charge in [0.25, 0.3) is 23.6 Å². The van der Waals surface area contributed by atoms with Gasteiger partial charge in [0, 0.05) is 43.9 Å². The van der Waals surface area contributed by atoms with Gasteiger partial charge in [-0.1, -0.05) is 84.9 Å².